The lowest BCUT2D eigenvalue weighted by atomic mass is 9.48. The van der Waals surface area contributed by atoms with Crippen LogP contribution < -0.4 is 0 Å². The predicted molar refractivity (Wildman–Crippen MR) is 120 cm³/mol. The highest BCUT2D eigenvalue weighted by Crippen LogP contribution is 2.65. The maximum atomic E-state index is 11.4. The minimum Gasteiger partial charge on any atom is -0.393 e. The Morgan fingerprint density at radius 2 is 1.97 bits per heavy atom. The first-order valence-corrected chi connectivity index (χ1v) is 12.1. The number of fused-ring (bicyclic) bond motifs is 5. The zero-order chi connectivity index (χ0) is 21.3. The fourth-order valence-electron chi connectivity index (χ4n) is 7.76. The largest absolute Gasteiger partial charge is 0.393 e. The van der Waals surface area contributed by atoms with Crippen molar-refractivity contribution in [3.05, 3.63) is 34.7 Å². The van der Waals surface area contributed by atoms with Crippen LogP contribution in [0.4, 0.5) is 0 Å². The second kappa shape index (κ2) is 7.06. The molecule has 0 spiro atoms. The number of aryl methyl sites for hydroxylation is 1. The summed E-state index contributed by atoms with van der Waals surface area (Å²) < 4.78 is 2.03. The molecule has 0 aliphatic heterocycles. The van der Waals surface area contributed by atoms with Crippen LogP contribution in [0.5, 0.6) is 0 Å². The molecule has 3 fully saturated rings. The Balaban J connectivity index is 1.47. The van der Waals surface area contributed by atoms with E-state index in [1.165, 1.54) is 23.3 Å². The van der Waals surface area contributed by atoms with E-state index in [-0.39, 0.29) is 23.0 Å². The molecule has 3 saturated carbocycles. The van der Waals surface area contributed by atoms with Crippen LogP contribution in [0.25, 0.3) is 6.08 Å². The molecule has 4 aliphatic carbocycles. The maximum Gasteiger partial charge on any atom is 0.0809 e. The van der Waals surface area contributed by atoms with Crippen molar-refractivity contribution in [3.63, 3.8) is 0 Å². The number of aliphatic hydroxyl groups excluding tert-OH is 2. The normalized spacial score (nSPS) is 44.4. The van der Waals surface area contributed by atoms with Crippen LogP contribution in [-0.4, -0.2) is 32.2 Å². The highest BCUT2D eigenvalue weighted by molar-refractivity contribution is 5.57. The van der Waals surface area contributed by atoms with Crippen LogP contribution in [-0.2, 0) is 6.54 Å². The van der Waals surface area contributed by atoms with Crippen LogP contribution in [0.15, 0.2) is 23.4 Å². The summed E-state index contributed by atoms with van der Waals surface area (Å²) in [5.41, 5.74) is 5.30. The van der Waals surface area contributed by atoms with E-state index in [2.05, 4.69) is 44.9 Å². The van der Waals surface area contributed by atoms with Gasteiger partial charge in [-0.2, -0.15) is 5.10 Å². The molecule has 0 unspecified atom stereocenters. The molecule has 1 aromatic heterocycles. The maximum absolute atomic E-state index is 11.4. The van der Waals surface area contributed by atoms with E-state index < -0.39 is 0 Å². The molecule has 2 N–H and O–H groups in total. The first kappa shape index (κ1) is 20.5. The van der Waals surface area contributed by atoms with Crippen LogP contribution in [0.3, 0.4) is 0 Å². The summed E-state index contributed by atoms with van der Waals surface area (Å²) in [6.07, 6.45) is 13.5. The van der Waals surface area contributed by atoms with E-state index in [9.17, 15) is 10.2 Å². The Morgan fingerprint density at radius 1 is 1.17 bits per heavy atom. The van der Waals surface area contributed by atoms with Crippen molar-refractivity contribution in [2.75, 3.05) is 0 Å². The number of aromatic nitrogens is 2. The summed E-state index contributed by atoms with van der Waals surface area (Å²) >= 11 is 0. The van der Waals surface area contributed by atoms with E-state index in [1.807, 2.05) is 10.9 Å². The second-order valence-electron chi connectivity index (χ2n) is 11.0. The van der Waals surface area contributed by atoms with Crippen molar-refractivity contribution in [1.29, 1.82) is 0 Å². The Kier molecular flexibility index (Phi) is 4.83. The van der Waals surface area contributed by atoms with Gasteiger partial charge in [0.2, 0.25) is 0 Å². The molecule has 7 atom stereocenters. The summed E-state index contributed by atoms with van der Waals surface area (Å²) in [5.74, 6) is 1.88. The SMILES string of the molecule is CCn1ncc(/C=C2/C[C@H]3[C@@H]4CC=C5C[C@H](O)CC[C@]5(C)[C@H]4CC[C@]3(C)[C@@H]2O)c1C. The minimum absolute atomic E-state index is 0.0163. The average Bonchev–Trinajstić information content (AvgIpc) is 3.20. The number of aliphatic hydroxyl groups is 2. The molecule has 30 heavy (non-hydrogen) atoms. The van der Waals surface area contributed by atoms with Gasteiger partial charge in [-0.1, -0.05) is 25.5 Å². The molecule has 5 rings (SSSR count). The van der Waals surface area contributed by atoms with Gasteiger partial charge in [0.15, 0.2) is 0 Å². The molecule has 0 amide bonds. The summed E-state index contributed by atoms with van der Waals surface area (Å²) in [6.45, 7) is 9.93. The minimum atomic E-state index is -0.348. The van der Waals surface area contributed by atoms with Gasteiger partial charge in [0.25, 0.3) is 0 Å². The molecule has 0 radical (unpaired) electrons. The topological polar surface area (TPSA) is 58.3 Å². The van der Waals surface area contributed by atoms with Crippen molar-refractivity contribution in [2.45, 2.75) is 91.4 Å². The highest BCUT2D eigenvalue weighted by Gasteiger charge is 2.59. The third-order valence-electron chi connectivity index (χ3n) is 9.73. The van der Waals surface area contributed by atoms with Crippen LogP contribution in [0.1, 0.15) is 77.0 Å². The second-order valence-corrected chi connectivity index (χ2v) is 11.0. The van der Waals surface area contributed by atoms with Gasteiger partial charge in [-0.05, 0) is 93.6 Å². The fraction of sp³-hybridized carbons (Fsp3) is 0.731. The lowest BCUT2D eigenvalue weighted by Crippen LogP contribution is -2.51. The quantitative estimate of drug-likeness (QED) is 0.683. The summed E-state index contributed by atoms with van der Waals surface area (Å²) in [4.78, 5) is 0. The Labute approximate surface area is 181 Å². The predicted octanol–water partition coefficient (Wildman–Crippen LogP) is 4.89. The van der Waals surface area contributed by atoms with Gasteiger partial charge in [-0.3, -0.25) is 4.68 Å². The van der Waals surface area contributed by atoms with Crippen molar-refractivity contribution in [3.8, 4) is 0 Å². The average molecular weight is 411 g/mol. The van der Waals surface area contributed by atoms with E-state index in [1.54, 1.807) is 0 Å². The molecule has 1 aromatic rings. The van der Waals surface area contributed by atoms with Crippen LogP contribution in [0, 0.1) is 35.5 Å². The van der Waals surface area contributed by atoms with Crippen molar-refractivity contribution in [2.24, 2.45) is 28.6 Å². The van der Waals surface area contributed by atoms with Crippen LogP contribution in [0.2, 0.25) is 0 Å². The smallest absolute Gasteiger partial charge is 0.0809 e. The molecule has 164 valence electrons. The van der Waals surface area contributed by atoms with Crippen molar-refractivity contribution in [1.82, 2.24) is 9.78 Å². The molecular formula is C26H38N2O2. The Hall–Kier alpha value is -1.39. The van der Waals surface area contributed by atoms with Crippen molar-refractivity contribution >= 4 is 6.08 Å². The zero-order valence-electron chi connectivity index (χ0n) is 19.1. The number of nitrogens with zero attached hydrogens (tertiary/aromatic N) is 2. The number of hydrogen-bond donors (Lipinski definition) is 2. The van der Waals surface area contributed by atoms with E-state index >= 15 is 0 Å². The summed E-state index contributed by atoms with van der Waals surface area (Å²) in [7, 11) is 0. The number of allylic oxidation sites excluding steroid dienone is 1. The molecule has 0 bridgehead atoms. The summed E-state index contributed by atoms with van der Waals surface area (Å²) in [6, 6.07) is 0. The van der Waals surface area contributed by atoms with E-state index in [0.29, 0.717) is 17.8 Å². The monoisotopic (exact) mass is 410 g/mol. The van der Waals surface area contributed by atoms with Gasteiger partial charge < -0.3 is 10.2 Å². The third kappa shape index (κ3) is 2.82. The van der Waals surface area contributed by atoms with Gasteiger partial charge in [0, 0.05) is 23.2 Å². The molecule has 4 aliphatic rings. The number of hydrogen-bond acceptors (Lipinski definition) is 3. The van der Waals surface area contributed by atoms with E-state index in [0.717, 1.165) is 50.6 Å². The molecule has 1 heterocycles. The van der Waals surface area contributed by atoms with E-state index in [4.69, 9.17) is 0 Å². The fourth-order valence-corrected chi connectivity index (χ4v) is 7.76. The van der Waals surface area contributed by atoms with Gasteiger partial charge in [-0.25, -0.2) is 0 Å². The standard InChI is InChI=1S/C26H38N2O2/c1-5-28-16(2)18(15-27-28)12-17-13-23-21-7-6-19-14-20(29)8-10-25(19,3)22(21)9-11-26(23,4)24(17)30/h6,12,15,20-24,29-30H,5,7-11,13-14H2,1-4H3/b17-12-/t20-,21-,22+,23+,24-,25+,26+/m1/s1. The molecule has 0 aromatic carbocycles. The zero-order valence-corrected chi connectivity index (χ0v) is 19.1. The molecule has 0 saturated heterocycles. The van der Waals surface area contributed by atoms with Crippen molar-refractivity contribution < 1.29 is 10.2 Å². The Morgan fingerprint density at radius 3 is 2.70 bits per heavy atom. The van der Waals surface area contributed by atoms with Crippen LogP contribution >= 0.6 is 0 Å². The molecular weight excluding hydrogens is 372 g/mol. The third-order valence-corrected chi connectivity index (χ3v) is 9.73. The lowest BCUT2D eigenvalue weighted by Gasteiger charge is -2.57. The van der Waals surface area contributed by atoms with Gasteiger partial charge >= 0.3 is 0 Å². The highest BCUT2D eigenvalue weighted by atomic mass is 16.3. The molecule has 4 heteroatoms. The number of rotatable bonds is 2. The van der Waals surface area contributed by atoms with Gasteiger partial charge in [0.05, 0.1) is 18.4 Å². The Bertz CT molecular complexity index is 899. The molecule has 4 nitrogen and oxygen atoms in total. The van der Waals surface area contributed by atoms with Gasteiger partial charge in [0.1, 0.15) is 0 Å². The van der Waals surface area contributed by atoms with Gasteiger partial charge in [-0.15, -0.1) is 0 Å². The first-order chi connectivity index (χ1) is 14.3. The first-order valence-electron chi connectivity index (χ1n) is 12.1. The lowest BCUT2D eigenvalue weighted by molar-refractivity contribution is -0.0685. The summed E-state index contributed by atoms with van der Waals surface area (Å²) in [5, 5.41) is 26.1.